The van der Waals surface area contributed by atoms with E-state index in [0.717, 1.165) is 16.9 Å². The summed E-state index contributed by atoms with van der Waals surface area (Å²) in [4.78, 5) is 37.0. The molecule has 8 heteroatoms. The van der Waals surface area contributed by atoms with Crippen molar-refractivity contribution in [1.82, 2.24) is 9.88 Å². The van der Waals surface area contributed by atoms with Crippen LogP contribution in [0.4, 0.5) is 11.4 Å². The van der Waals surface area contributed by atoms with Gasteiger partial charge in [0.25, 0.3) is 5.56 Å². The van der Waals surface area contributed by atoms with E-state index in [9.17, 15) is 14.4 Å². The van der Waals surface area contributed by atoms with Crippen LogP contribution in [0.2, 0.25) is 0 Å². The SMILES string of the molecule is C=CC(=O)Nc1ccc(Oc2c(C)cccc2C)c(-c2cc(N[C@H](C)C(=O)NCC)c(=O)n(C)c2)c1. The highest BCUT2D eigenvalue weighted by molar-refractivity contribution is 5.99. The van der Waals surface area contributed by atoms with Gasteiger partial charge in [0.2, 0.25) is 11.8 Å². The van der Waals surface area contributed by atoms with Crippen LogP contribution in [0.3, 0.4) is 0 Å². The Morgan fingerprint density at radius 2 is 1.83 bits per heavy atom. The molecule has 8 nitrogen and oxygen atoms in total. The van der Waals surface area contributed by atoms with Crippen molar-refractivity contribution < 1.29 is 14.3 Å². The molecule has 3 rings (SSSR count). The van der Waals surface area contributed by atoms with Gasteiger partial charge in [0.15, 0.2) is 0 Å². The molecule has 0 aliphatic rings. The van der Waals surface area contributed by atoms with Crippen LogP contribution in [-0.4, -0.2) is 29.0 Å². The van der Waals surface area contributed by atoms with E-state index in [0.29, 0.717) is 29.1 Å². The molecule has 0 bridgehead atoms. The number of carbonyl (C=O) groups is 2. The number of anilines is 2. The Balaban J connectivity index is 2.13. The van der Waals surface area contributed by atoms with E-state index in [4.69, 9.17) is 4.74 Å². The molecule has 36 heavy (non-hydrogen) atoms. The molecule has 3 N–H and O–H groups in total. The highest BCUT2D eigenvalue weighted by Crippen LogP contribution is 2.38. The number of para-hydroxylation sites is 1. The average Bonchev–Trinajstić information content (AvgIpc) is 2.84. The molecular formula is C28H32N4O4. The second-order valence-corrected chi connectivity index (χ2v) is 8.55. The fourth-order valence-corrected chi connectivity index (χ4v) is 3.77. The van der Waals surface area contributed by atoms with Crippen LogP contribution in [0.1, 0.15) is 25.0 Å². The van der Waals surface area contributed by atoms with Crippen molar-refractivity contribution in [3.05, 3.63) is 82.8 Å². The molecule has 0 aliphatic carbocycles. The molecule has 3 aromatic rings. The van der Waals surface area contributed by atoms with Gasteiger partial charge < -0.3 is 25.3 Å². The van der Waals surface area contributed by atoms with Crippen LogP contribution in [0, 0.1) is 13.8 Å². The number of hydrogen-bond donors (Lipinski definition) is 3. The summed E-state index contributed by atoms with van der Waals surface area (Å²) in [5, 5.41) is 8.53. The fraction of sp³-hybridized carbons (Fsp3) is 0.250. The number of pyridine rings is 1. The molecule has 1 aromatic heterocycles. The highest BCUT2D eigenvalue weighted by Gasteiger charge is 2.18. The second-order valence-electron chi connectivity index (χ2n) is 8.55. The summed E-state index contributed by atoms with van der Waals surface area (Å²) in [6.07, 6.45) is 2.88. The first-order valence-corrected chi connectivity index (χ1v) is 11.7. The van der Waals surface area contributed by atoms with E-state index < -0.39 is 6.04 Å². The van der Waals surface area contributed by atoms with Crippen molar-refractivity contribution in [3.63, 3.8) is 0 Å². The molecule has 2 amide bonds. The predicted molar refractivity (Wildman–Crippen MR) is 144 cm³/mol. The van der Waals surface area contributed by atoms with E-state index in [-0.39, 0.29) is 23.1 Å². The number of aromatic nitrogens is 1. The van der Waals surface area contributed by atoms with Gasteiger partial charge in [-0.1, -0.05) is 24.8 Å². The first-order chi connectivity index (χ1) is 17.1. The van der Waals surface area contributed by atoms with Gasteiger partial charge in [-0.2, -0.15) is 0 Å². The van der Waals surface area contributed by atoms with E-state index >= 15 is 0 Å². The zero-order valence-corrected chi connectivity index (χ0v) is 21.3. The maximum Gasteiger partial charge on any atom is 0.273 e. The summed E-state index contributed by atoms with van der Waals surface area (Å²) in [5.74, 6) is 0.723. The number of carbonyl (C=O) groups excluding carboxylic acids is 2. The lowest BCUT2D eigenvalue weighted by atomic mass is 10.0. The molecule has 0 spiro atoms. The summed E-state index contributed by atoms with van der Waals surface area (Å²) >= 11 is 0. The van der Waals surface area contributed by atoms with Gasteiger partial charge in [-0.15, -0.1) is 0 Å². The number of nitrogens with one attached hydrogen (secondary N) is 3. The molecule has 0 radical (unpaired) electrons. The zero-order valence-electron chi connectivity index (χ0n) is 21.3. The maximum atomic E-state index is 12.9. The first-order valence-electron chi connectivity index (χ1n) is 11.7. The lowest BCUT2D eigenvalue weighted by Gasteiger charge is -2.19. The molecule has 2 aromatic carbocycles. The van der Waals surface area contributed by atoms with Crippen molar-refractivity contribution in [2.75, 3.05) is 17.2 Å². The number of rotatable bonds is 9. The Labute approximate surface area is 211 Å². The summed E-state index contributed by atoms with van der Waals surface area (Å²) in [6.45, 7) is 11.5. The van der Waals surface area contributed by atoms with E-state index in [1.54, 1.807) is 44.4 Å². The Hall–Kier alpha value is -4.33. The van der Waals surface area contributed by atoms with Gasteiger partial charge in [-0.25, -0.2) is 0 Å². The normalized spacial score (nSPS) is 11.4. The maximum absolute atomic E-state index is 12.9. The second kappa shape index (κ2) is 11.4. The molecule has 0 fully saturated rings. The number of nitrogens with zero attached hydrogens (tertiary/aromatic N) is 1. The summed E-state index contributed by atoms with van der Waals surface area (Å²) in [7, 11) is 1.64. The Morgan fingerprint density at radius 1 is 1.14 bits per heavy atom. The average molecular weight is 489 g/mol. The number of likely N-dealkylation sites (N-methyl/N-ethyl adjacent to an activating group) is 1. The molecular weight excluding hydrogens is 456 g/mol. The van der Waals surface area contributed by atoms with Gasteiger partial charge in [-0.3, -0.25) is 14.4 Å². The first kappa shape index (κ1) is 26.3. The van der Waals surface area contributed by atoms with E-state index in [2.05, 4.69) is 22.5 Å². The largest absolute Gasteiger partial charge is 0.456 e. The number of amides is 2. The van der Waals surface area contributed by atoms with Crippen molar-refractivity contribution >= 4 is 23.2 Å². The van der Waals surface area contributed by atoms with Gasteiger partial charge >= 0.3 is 0 Å². The highest BCUT2D eigenvalue weighted by atomic mass is 16.5. The third kappa shape index (κ3) is 6.02. The van der Waals surface area contributed by atoms with E-state index in [1.807, 2.05) is 39.0 Å². The number of aryl methyl sites for hydroxylation is 3. The lowest BCUT2D eigenvalue weighted by molar-refractivity contribution is -0.121. The van der Waals surface area contributed by atoms with Gasteiger partial charge in [0.1, 0.15) is 23.2 Å². The van der Waals surface area contributed by atoms with Crippen LogP contribution >= 0.6 is 0 Å². The van der Waals surface area contributed by atoms with Crippen LogP contribution in [0.25, 0.3) is 11.1 Å². The van der Waals surface area contributed by atoms with Crippen molar-refractivity contribution in [2.45, 2.75) is 33.7 Å². The standard InChI is InChI=1S/C28H32N4O4/c1-7-25(33)31-21-12-13-24(36-26-17(3)10-9-11-18(26)4)22(15-21)20-14-23(28(35)32(6)16-20)30-19(5)27(34)29-8-2/h7,9-16,19,30H,1,8H2,2-6H3,(H,29,34)(H,31,33)/t19-/m1/s1. The van der Waals surface area contributed by atoms with Crippen molar-refractivity contribution in [3.8, 4) is 22.6 Å². The summed E-state index contributed by atoms with van der Waals surface area (Å²) in [5.41, 5.74) is 3.81. The molecule has 0 aliphatic heterocycles. The molecule has 1 heterocycles. The topological polar surface area (TPSA) is 101 Å². The Kier molecular flexibility index (Phi) is 8.32. The Bertz CT molecular complexity index is 1340. The van der Waals surface area contributed by atoms with Crippen LogP contribution in [0.5, 0.6) is 11.5 Å². The smallest absolute Gasteiger partial charge is 0.273 e. The van der Waals surface area contributed by atoms with Crippen molar-refractivity contribution in [1.29, 1.82) is 0 Å². The van der Waals surface area contributed by atoms with Crippen LogP contribution in [-0.2, 0) is 16.6 Å². The molecule has 0 saturated carbocycles. The lowest BCUT2D eigenvalue weighted by Crippen LogP contribution is -2.39. The third-order valence-corrected chi connectivity index (χ3v) is 5.66. The Morgan fingerprint density at radius 3 is 2.47 bits per heavy atom. The third-order valence-electron chi connectivity index (χ3n) is 5.66. The number of hydrogen-bond acceptors (Lipinski definition) is 5. The summed E-state index contributed by atoms with van der Waals surface area (Å²) in [6, 6.07) is 12.3. The van der Waals surface area contributed by atoms with Crippen molar-refractivity contribution in [2.24, 2.45) is 7.05 Å². The van der Waals surface area contributed by atoms with E-state index in [1.165, 1.54) is 10.6 Å². The van der Waals surface area contributed by atoms with Gasteiger partial charge in [0, 0.05) is 36.6 Å². The fourth-order valence-electron chi connectivity index (χ4n) is 3.77. The summed E-state index contributed by atoms with van der Waals surface area (Å²) < 4.78 is 7.81. The minimum absolute atomic E-state index is 0.210. The minimum Gasteiger partial charge on any atom is -0.456 e. The van der Waals surface area contributed by atoms with Crippen LogP contribution < -0.4 is 26.2 Å². The molecule has 0 unspecified atom stereocenters. The molecule has 188 valence electrons. The van der Waals surface area contributed by atoms with Gasteiger partial charge in [-0.05, 0) is 69.2 Å². The monoisotopic (exact) mass is 488 g/mol. The number of benzene rings is 2. The quantitative estimate of drug-likeness (QED) is 0.385. The van der Waals surface area contributed by atoms with Gasteiger partial charge in [0.05, 0.1) is 0 Å². The minimum atomic E-state index is -0.614. The zero-order chi connectivity index (χ0) is 26.4. The molecule has 1 atom stereocenters. The molecule has 0 saturated heterocycles. The number of ether oxygens (including phenoxy) is 1. The predicted octanol–water partition coefficient (Wildman–Crippen LogP) is 4.52. The van der Waals surface area contributed by atoms with Crippen LogP contribution in [0.15, 0.2) is 66.1 Å².